The van der Waals surface area contributed by atoms with Crippen molar-refractivity contribution < 1.29 is 14.7 Å². The SMILES string of the molecule is O=C(O)CC1(CNC(=O)Cc2ccccc2)CCCCC1. The summed E-state index contributed by atoms with van der Waals surface area (Å²) in [7, 11) is 0. The minimum absolute atomic E-state index is 0.0310. The predicted octanol–water partition coefficient (Wildman–Crippen LogP) is 2.77. The largest absolute Gasteiger partial charge is 0.481 e. The molecule has 1 aliphatic carbocycles. The molecule has 1 amide bonds. The fourth-order valence-corrected chi connectivity index (χ4v) is 3.17. The van der Waals surface area contributed by atoms with Crippen LogP contribution in [0.1, 0.15) is 44.1 Å². The van der Waals surface area contributed by atoms with Gasteiger partial charge in [-0.05, 0) is 23.8 Å². The predicted molar refractivity (Wildman–Crippen MR) is 80.9 cm³/mol. The molecule has 2 N–H and O–H groups in total. The van der Waals surface area contributed by atoms with E-state index in [2.05, 4.69) is 5.32 Å². The number of hydrogen-bond donors (Lipinski definition) is 2. The molecule has 0 spiro atoms. The van der Waals surface area contributed by atoms with Crippen molar-refractivity contribution in [3.8, 4) is 0 Å². The molecule has 4 nitrogen and oxygen atoms in total. The normalized spacial score (nSPS) is 17.1. The topological polar surface area (TPSA) is 66.4 Å². The van der Waals surface area contributed by atoms with Gasteiger partial charge in [0, 0.05) is 6.54 Å². The fourth-order valence-electron chi connectivity index (χ4n) is 3.17. The second-order valence-corrected chi connectivity index (χ2v) is 6.07. The Labute approximate surface area is 125 Å². The van der Waals surface area contributed by atoms with Gasteiger partial charge in [-0.2, -0.15) is 0 Å². The highest BCUT2D eigenvalue weighted by atomic mass is 16.4. The van der Waals surface area contributed by atoms with E-state index in [1.807, 2.05) is 30.3 Å². The maximum Gasteiger partial charge on any atom is 0.303 e. The van der Waals surface area contributed by atoms with Gasteiger partial charge in [-0.1, -0.05) is 49.6 Å². The number of amides is 1. The molecule has 1 aliphatic rings. The van der Waals surface area contributed by atoms with Gasteiger partial charge in [-0.25, -0.2) is 0 Å². The average Bonchev–Trinajstić information content (AvgIpc) is 2.47. The van der Waals surface area contributed by atoms with E-state index in [-0.39, 0.29) is 17.7 Å². The van der Waals surface area contributed by atoms with Crippen LogP contribution < -0.4 is 5.32 Å². The summed E-state index contributed by atoms with van der Waals surface area (Å²) in [6, 6.07) is 9.59. The third kappa shape index (κ3) is 4.88. The van der Waals surface area contributed by atoms with Crippen LogP contribution in [0.2, 0.25) is 0 Å². The zero-order valence-corrected chi connectivity index (χ0v) is 12.3. The smallest absolute Gasteiger partial charge is 0.303 e. The maximum atomic E-state index is 12.0. The first kappa shape index (κ1) is 15.5. The van der Waals surface area contributed by atoms with E-state index in [0.717, 1.165) is 31.2 Å². The third-order valence-corrected chi connectivity index (χ3v) is 4.31. The molecular weight excluding hydrogens is 266 g/mol. The lowest BCUT2D eigenvalue weighted by Gasteiger charge is -2.36. The maximum absolute atomic E-state index is 12.0. The standard InChI is InChI=1S/C17H23NO3/c19-15(11-14-7-3-1-4-8-14)18-13-17(12-16(20)21)9-5-2-6-10-17/h1,3-4,7-8H,2,5-6,9-13H2,(H,18,19)(H,20,21). The first-order valence-corrected chi connectivity index (χ1v) is 7.62. The van der Waals surface area contributed by atoms with Crippen molar-refractivity contribution >= 4 is 11.9 Å². The lowest BCUT2D eigenvalue weighted by Crippen LogP contribution is -2.41. The van der Waals surface area contributed by atoms with Crippen molar-refractivity contribution in [3.63, 3.8) is 0 Å². The summed E-state index contributed by atoms with van der Waals surface area (Å²) < 4.78 is 0. The van der Waals surface area contributed by atoms with E-state index in [4.69, 9.17) is 5.11 Å². The van der Waals surface area contributed by atoms with Crippen molar-refractivity contribution in [3.05, 3.63) is 35.9 Å². The molecule has 114 valence electrons. The molecule has 0 heterocycles. The second-order valence-electron chi connectivity index (χ2n) is 6.07. The van der Waals surface area contributed by atoms with Gasteiger partial charge in [-0.3, -0.25) is 9.59 Å². The molecule has 0 aliphatic heterocycles. The summed E-state index contributed by atoms with van der Waals surface area (Å²) in [4.78, 5) is 23.1. The fraction of sp³-hybridized carbons (Fsp3) is 0.529. The quantitative estimate of drug-likeness (QED) is 0.846. The van der Waals surface area contributed by atoms with Gasteiger partial charge in [0.05, 0.1) is 12.8 Å². The Balaban J connectivity index is 1.89. The molecule has 1 saturated carbocycles. The summed E-state index contributed by atoms with van der Waals surface area (Å²) >= 11 is 0. The number of nitrogens with one attached hydrogen (secondary N) is 1. The summed E-state index contributed by atoms with van der Waals surface area (Å²) in [5.74, 6) is -0.800. The first-order chi connectivity index (χ1) is 10.1. The zero-order valence-electron chi connectivity index (χ0n) is 12.3. The molecule has 1 aromatic carbocycles. The highest BCUT2D eigenvalue weighted by Gasteiger charge is 2.34. The van der Waals surface area contributed by atoms with Crippen molar-refractivity contribution in [2.45, 2.75) is 44.9 Å². The molecule has 0 bridgehead atoms. The Morgan fingerprint density at radius 1 is 1.10 bits per heavy atom. The third-order valence-electron chi connectivity index (χ3n) is 4.31. The van der Waals surface area contributed by atoms with Crippen LogP contribution in [0.5, 0.6) is 0 Å². The average molecular weight is 289 g/mol. The van der Waals surface area contributed by atoms with Gasteiger partial charge in [0.1, 0.15) is 0 Å². The Morgan fingerprint density at radius 2 is 1.76 bits per heavy atom. The second kappa shape index (κ2) is 7.25. The summed E-state index contributed by atoms with van der Waals surface area (Å²) in [5, 5.41) is 12.1. The van der Waals surface area contributed by atoms with E-state index in [1.54, 1.807) is 0 Å². The Morgan fingerprint density at radius 3 is 2.38 bits per heavy atom. The molecular formula is C17H23NO3. The molecule has 1 fully saturated rings. The number of benzene rings is 1. The molecule has 0 saturated heterocycles. The van der Waals surface area contributed by atoms with E-state index in [9.17, 15) is 9.59 Å². The minimum atomic E-state index is -0.769. The molecule has 0 unspecified atom stereocenters. The van der Waals surface area contributed by atoms with E-state index < -0.39 is 5.97 Å². The molecule has 0 aromatic heterocycles. The van der Waals surface area contributed by atoms with Crippen LogP contribution in [-0.2, 0) is 16.0 Å². The Kier molecular flexibility index (Phi) is 5.37. The number of hydrogen-bond acceptors (Lipinski definition) is 2. The highest BCUT2D eigenvalue weighted by Crippen LogP contribution is 2.38. The number of carbonyl (C=O) groups is 2. The van der Waals surface area contributed by atoms with Crippen LogP contribution >= 0.6 is 0 Å². The summed E-state index contributed by atoms with van der Waals surface area (Å²) in [5.41, 5.74) is 0.724. The highest BCUT2D eigenvalue weighted by molar-refractivity contribution is 5.78. The number of aliphatic carboxylic acids is 1. The van der Waals surface area contributed by atoms with Crippen LogP contribution in [0.3, 0.4) is 0 Å². The van der Waals surface area contributed by atoms with Gasteiger partial charge < -0.3 is 10.4 Å². The van der Waals surface area contributed by atoms with Crippen molar-refractivity contribution in [2.75, 3.05) is 6.54 Å². The number of carboxylic acid groups (broad SMARTS) is 1. The molecule has 1 aromatic rings. The van der Waals surface area contributed by atoms with Gasteiger partial charge in [0.2, 0.25) is 5.91 Å². The molecule has 0 atom stereocenters. The minimum Gasteiger partial charge on any atom is -0.481 e. The monoisotopic (exact) mass is 289 g/mol. The number of carbonyl (C=O) groups excluding carboxylic acids is 1. The lowest BCUT2D eigenvalue weighted by molar-refractivity contribution is -0.140. The van der Waals surface area contributed by atoms with Gasteiger partial charge in [-0.15, -0.1) is 0 Å². The molecule has 2 rings (SSSR count). The van der Waals surface area contributed by atoms with E-state index >= 15 is 0 Å². The van der Waals surface area contributed by atoms with Crippen molar-refractivity contribution in [2.24, 2.45) is 5.41 Å². The lowest BCUT2D eigenvalue weighted by atomic mass is 9.71. The van der Waals surface area contributed by atoms with Crippen molar-refractivity contribution in [1.82, 2.24) is 5.32 Å². The van der Waals surface area contributed by atoms with Crippen LogP contribution in [0.25, 0.3) is 0 Å². The molecule has 21 heavy (non-hydrogen) atoms. The first-order valence-electron chi connectivity index (χ1n) is 7.62. The van der Waals surface area contributed by atoms with Gasteiger partial charge >= 0.3 is 5.97 Å². The van der Waals surface area contributed by atoms with E-state index in [0.29, 0.717) is 13.0 Å². The van der Waals surface area contributed by atoms with Crippen LogP contribution in [0.15, 0.2) is 30.3 Å². The summed E-state index contributed by atoms with van der Waals surface area (Å²) in [6.07, 6.45) is 5.57. The van der Waals surface area contributed by atoms with Gasteiger partial charge in [0.15, 0.2) is 0 Å². The number of rotatable bonds is 6. The Bertz CT molecular complexity index is 478. The molecule has 0 radical (unpaired) electrons. The summed E-state index contributed by atoms with van der Waals surface area (Å²) in [6.45, 7) is 0.477. The van der Waals surface area contributed by atoms with Crippen LogP contribution in [-0.4, -0.2) is 23.5 Å². The van der Waals surface area contributed by atoms with Crippen molar-refractivity contribution in [1.29, 1.82) is 0 Å². The van der Waals surface area contributed by atoms with Crippen LogP contribution in [0.4, 0.5) is 0 Å². The zero-order chi connectivity index (χ0) is 15.1. The number of carboxylic acids is 1. The Hall–Kier alpha value is -1.84. The molecule has 4 heteroatoms. The van der Waals surface area contributed by atoms with Crippen LogP contribution in [0, 0.1) is 5.41 Å². The van der Waals surface area contributed by atoms with Gasteiger partial charge in [0.25, 0.3) is 0 Å². The van der Waals surface area contributed by atoms with E-state index in [1.165, 1.54) is 6.42 Å².